The predicted octanol–water partition coefficient (Wildman–Crippen LogP) is 3.43. The van der Waals surface area contributed by atoms with Crippen molar-refractivity contribution in [1.29, 1.82) is 0 Å². The Morgan fingerprint density at radius 1 is 1.03 bits per heavy atom. The largest absolute Gasteiger partial charge is 0.469 e. The van der Waals surface area contributed by atoms with Crippen LogP contribution in [0, 0.1) is 5.92 Å². The fourth-order valence-electron chi connectivity index (χ4n) is 5.58. The maximum absolute atomic E-state index is 13.1. The molecule has 34 heavy (non-hydrogen) atoms. The first-order valence-corrected chi connectivity index (χ1v) is 11.8. The molecule has 2 aromatic heterocycles. The van der Waals surface area contributed by atoms with Crippen LogP contribution in [-0.2, 0) is 27.4 Å². The number of esters is 1. The fourth-order valence-corrected chi connectivity index (χ4v) is 5.58. The van der Waals surface area contributed by atoms with Crippen molar-refractivity contribution in [3.8, 4) is 5.82 Å². The highest BCUT2D eigenvalue weighted by Gasteiger charge is 2.56. The Kier molecular flexibility index (Phi) is 6.20. The molecule has 2 fully saturated rings. The van der Waals surface area contributed by atoms with E-state index in [4.69, 9.17) is 4.74 Å². The van der Waals surface area contributed by atoms with E-state index in [1.807, 2.05) is 65.7 Å². The molecule has 4 heterocycles. The number of nitrogens with zero attached hydrogens (tertiary/aromatic N) is 4. The van der Waals surface area contributed by atoms with Crippen molar-refractivity contribution in [2.45, 2.75) is 37.9 Å². The number of pyridine rings is 1. The second kappa shape index (κ2) is 9.43. The van der Waals surface area contributed by atoms with Gasteiger partial charge in [-0.15, -0.1) is 0 Å². The summed E-state index contributed by atoms with van der Waals surface area (Å²) in [4.78, 5) is 34.7. The number of ether oxygens (including phenoxy) is 1. The number of amides is 1. The fraction of sp³-hybridized carbons (Fsp3) is 0.370. The molecule has 2 aliphatic heterocycles. The second-order valence-electron chi connectivity index (χ2n) is 9.18. The Hall–Kier alpha value is -3.45. The van der Waals surface area contributed by atoms with Crippen LogP contribution in [0.2, 0.25) is 0 Å². The minimum absolute atomic E-state index is 0.0386. The van der Waals surface area contributed by atoms with Gasteiger partial charge < -0.3 is 14.2 Å². The van der Waals surface area contributed by atoms with Crippen LogP contribution in [-0.4, -0.2) is 57.0 Å². The van der Waals surface area contributed by atoms with E-state index in [1.165, 1.54) is 12.8 Å². The molecule has 2 aliphatic rings. The first-order chi connectivity index (χ1) is 16.6. The molecule has 176 valence electrons. The lowest BCUT2D eigenvalue weighted by molar-refractivity contribution is -0.150. The second-order valence-corrected chi connectivity index (χ2v) is 9.18. The van der Waals surface area contributed by atoms with Gasteiger partial charge in [0.1, 0.15) is 5.82 Å². The molecule has 1 amide bonds. The average Bonchev–Trinajstić information content (AvgIpc) is 3.44. The molecule has 7 heteroatoms. The van der Waals surface area contributed by atoms with Crippen molar-refractivity contribution >= 4 is 11.9 Å². The van der Waals surface area contributed by atoms with Crippen LogP contribution in [0.5, 0.6) is 0 Å². The van der Waals surface area contributed by atoms with Gasteiger partial charge in [0.2, 0.25) is 5.91 Å². The quantitative estimate of drug-likeness (QED) is 0.530. The lowest BCUT2D eigenvalue weighted by atomic mass is 9.76. The molecular weight excluding hydrogens is 428 g/mol. The number of hydrogen-bond acceptors (Lipinski definition) is 5. The highest BCUT2D eigenvalue weighted by molar-refractivity contribution is 5.89. The monoisotopic (exact) mass is 458 g/mol. The molecule has 1 aromatic carbocycles. The van der Waals surface area contributed by atoms with Gasteiger partial charge >= 0.3 is 5.97 Å². The van der Waals surface area contributed by atoms with E-state index in [2.05, 4.69) is 20.5 Å². The minimum Gasteiger partial charge on any atom is -0.469 e. The number of hydrogen-bond donors (Lipinski definition) is 0. The lowest BCUT2D eigenvalue weighted by Gasteiger charge is -2.47. The maximum Gasteiger partial charge on any atom is 0.311 e. The molecule has 0 saturated carbocycles. The summed E-state index contributed by atoms with van der Waals surface area (Å²) in [5, 5.41) is 0. The van der Waals surface area contributed by atoms with Crippen LogP contribution in [0.3, 0.4) is 0 Å². The number of piperidine rings is 1. The van der Waals surface area contributed by atoms with E-state index in [0.29, 0.717) is 6.54 Å². The van der Waals surface area contributed by atoms with Gasteiger partial charge in [-0.3, -0.25) is 14.5 Å². The third-order valence-corrected chi connectivity index (χ3v) is 7.37. The maximum atomic E-state index is 13.1. The first-order valence-electron chi connectivity index (χ1n) is 11.8. The van der Waals surface area contributed by atoms with Gasteiger partial charge in [0.25, 0.3) is 0 Å². The zero-order valence-electron chi connectivity index (χ0n) is 19.5. The van der Waals surface area contributed by atoms with Crippen molar-refractivity contribution in [2.24, 2.45) is 5.92 Å². The number of carbonyl (C=O) groups excluding carboxylic acids is 2. The van der Waals surface area contributed by atoms with Gasteiger partial charge in [0.05, 0.1) is 18.6 Å². The third-order valence-electron chi connectivity index (χ3n) is 7.37. The van der Waals surface area contributed by atoms with Crippen LogP contribution in [0.15, 0.2) is 73.1 Å². The van der Waals surface area contributed by atoms with Crippen molar-refractivity contribution < 1.29 is 14.3 Å². The zero-order valence-corrected chi connectivity index (χ0v) is 19.5. The zero-order chi connectivity index (χ0) is 23.5. The molecule has 0 bridgehead atoms. The van der Waals surface area contributed by atoms with Gasteiger partial charge in [-0.1, -0.05) is 36.4 Å². The Morgan fingerprint density at radius 2 is 1.79 bits per heavy atom. The van der Waals surface area contributed by atoms with Crippen molar-refractivity contribution in [3.63, 3.8) is 0 Å². The number of carbonyl (C=O) groups is 2. The van der Waals surface area contributed by atoms with Gasteiger partial charge in [0, 0.05) is 50.7 Å². The molecule has 5 rings (SSSR count). The summed E-state index contributed by atoms with van der Waals surface area (Å²) >= 11 is 0. The molecule has 1 spiro atoms. The molecule has 7 nitrogen and oxygen atoms in total. The van der Waals surface area contributed by atoms with Gasteiger partial charge in [0.15, 0.2) is 0 Å². The van der Waals surface area contributed by atoms with Crippen LogP contribution in [0.4, 0.5) is 0 Å². The van der Waals surface area contributed by atoms with Crippen LogP contribution < -0.4 is 0 Å². The van der Waals surface area contributed by atoms with E-state index >= 15 is 0 Å². The standard InChI is InChI=1S/C27H30N4O3/c1-34-26(33)23-18-25(32)31(19-21-8-3-2-4-9-21)27(23)12-16-29(17-13-27)20-22-10-7-15-30(22)24-11-5-6-14-28-24/h2-11,14-15,23H,12-13,16-20H2,1H3. The summed E-state index contributed by atoms with van der Waals surface area (Å²) in [7, 11) is 1.42. The van der Waals surface area contributed by atoms with E-state index in [0.717, 1.165) is 43.9 Å². The number of rotatable bonds is 6. The highest BCUT2D eigenvalue weighted by Crippen LogP contribution is 2.45. The van der Waals surface area contributed by atoms with Gasteiger partial charge in [-0.25, -0.2) is 4.98 Å². The van der Waals surface area contributed by atoms with Crippen LogP contribution >= 0.6 is 0 Å². The summed E-state index contributed by atoms with van der Waals surface area (Å²) in [5.41, 5.74) is 1.75. The third kappa shape index (κ3) is 4.12. The molecule has 1 unspecified atom stereocenters. The average molecular weight is 459 g/mol. The smallest absolute Gasteiger partial charge is 0.311 e. The number of benzene rings is 1. The van der Waals surface area contributed by atoms with Gasteiger partial charge in [-0.2, -0.15) is 0 Å². The van der Waals surface area contributed by atoms with E-state index in [1.54, 1.807) is 6.20 Å². The van der Waals surface area contributed by atoms with Crippen molar-refractivity contribution in [2.75, 3.05) is 20.2 Å². The molecule has 1 atom stereocenters. The Labute approximate surface area is 200 Å². The summed E-state index contributed by atoms with van der Waals surface area (Å²) in [5.74, 6) is 0.239. The number of aromatic nitrogens is 2. The number of likely N-dealkylation sites (tertiary alicyclic amines) is 2. The Morgan fingerprint density at radius 3 is 2.50 bits per heavy atom. The summed E-state index contributed by atoms with van der Waals surface area (Å²) in [6.45, 7) is 2.92. The normalized spacial score (nSPS) is 20.1. The molecule has 3 aromatic rings. The molecular formula is C27H30N4O3. The van der Waals surface area contributed by atoms with Gasteiger partial charge in [-0.05, 0) is 42.7 Å². The molecule has 0 aliphatic carbocycles. The van der Waals surface area contributed by atoms with E-state index in [9.17, 15) is 9.59 Å². The summed E-state index contributed by atoms with van der Waals surface area (Å²) < 4.78 is 7.26. The predicted molar refractivity (Wildman–Crippen MR) is 128 cm³/mol. The minimum atomic E-state index is -0.500. The summed E-state index contributed by atoms with van der Waals surface area (Å²) in [6, 6.07) is 20.1. The highest BCUT2D eigenvalue weighted by atomic mass is 16.5. The van der Waals surface area contributed by atoms with E-state index in [-0.39, 0.29) is 18.3 Å². The van der Waals surface area contributed by atoms with Crippen molar-refractivity contribution in [3.05, 3.63) is 84.3 Å². The summed E-state index contributed by atoms with van der Waals surface area (Å²) in [6.07, 6.45) is 5.55. The number of methoxy groups -OCH3 is 1. The first kappa shape index (κ1) is 22.3. The molecule has 0 radical (unpaired) electrons. The SMILES string of the molecule is COC(=O)C1CC(=O)N(Cc2ccccc2)C12CCN(Cc1cccn1-c1ccccn1)CC2. The van der Waals surface area contributed by atoms with E-state index < -0.39 is 11.5 Å². The topological polar surface area (TPSA) is 67.7 Å². The molecule has 0 N–H and O–H groups in total. The molecule has 2 saturated heterocycles. The Bertz CT molecular complexity index is 1140. The van der Waals surface area contributed by atoms with Crippen molar-refractivity contribution in [1.82, 2.24) is 19.4 Å². The lowest BCUT2D eigenvalue weighted by Crippen LogP contribution is -2.57. The van der Waals surface area contributed by atoms with Crippen LogP contribution in [0.1, 0.15) is 30.5 Å². The van der Waals surface area contributed by atoms with Crippen LogP contribution in [0.25, 0.3) is 5.82 Å². The Balaban J connectivity index is 1.35.